The largest absolute Gasteiger partial charge is 0.300 e. The molecule has 1 amide bonds. The molecule has 0 aromatic carbocycles. The molecule has 0 aliphatic heterocycles. The predicted octanol–water partition coefficient (Wildman–Crippen LogP) is 5.12. The van der Waals surface area contributed by atoms with E-state index in [0.29, 0.717) is 9.88 Å². The van der Waals surface area contributed by atoms with Gasteiger partial charge in [-0.25, -0.2) is 0 Å². The zero-order chi connectivity index (χ0) is 16.9. The minimum atomic E-state index is 0.155. The average Bonchev–Trinajstić information content (AvgIpc) is 3.00. The fourth-order valence-electron chi connectivity index (χ4n) is 6.22. The van der Waals surface area contributed by atoms with Crippen molar-refractivity contribution in [1.82, 2.24) is 9.36 Å². The van der Waals surface area contributed by atoms with Gasteiger partial charge in [0.25, 0.3) is 0 Å². The summed E-state index contributed by atoms with van der Waals surface area (Å²) in [6.07, 6.45) is 14.1. The van der Waals surface area contributed by atoms with Crippen LogP contribution in [0.4, 0.5) is 5.13 Å². The zero-order valence-electron chi connectivity index (χ0n) is 14.7. The van der Waals surface area contributed by atoms with Crippen molar-refractivity contribution >= 4 is 34.3 Å². The molecule has 0 radical (unpaired) electrons. The fourth-order valence-corrected chi connectivity index (χ4v) is 8.50. The van der Waals surface area contributed by atoms with Crippen molar-refractivity contribution in [2.75, 3.05) is 5.32 Å². The topological polar surface area (TPSA) is 54.9 Å². The van der Waals surface area contributed by atoms with E-state index in [1.54, 1.807) is 0 Å². The number of nitrogens with one attached hydrogen (secondary N) is 1. The molecule has 1 aromatic rings. The van der Waals surface area contributed by atoms with Gasteiger partial charge in [0, 0.05) is 22.2 Å². The van der Waals surface area contributed by atoms with Gasteiger partial charge in [-0.1, -0.05) is 31.0 Å². The molecule has 6 heteroatoms. The Hall–Kier alpha value is -0.620. The first kappa shape index (κ1) is 16.5. The first-order valence-electron chi connectivity index (χ1n) is 10.0. The quantitative estimate of drug-likeness (QED) is 0.791. The highest BCUT2D eigenvalue weighted by Gasteiger charge is 2.51. The number of amides is 1. The molecule has 5 fully saturated rings. The van der Waals surface area contributed by atoms with Crippen LogP contribution >= 0.6 is 23.3 Å². The van der Waals surface area contributed by atoms with E-state index in [4.69, 9.17) is 0 Å². The molecule has 0 saturated heterocycles. The van der Waals surface area contributed by atoms with Gasteiger partial charge in [-0.3, -0.25) is 4.79 Å². The molecule has 4 bridgehead atoms. The Morgan fingerprint density at radius 1 is 1.04 bits per heavy atom. The van der Waals surface area contributed by atoms with Gasteiger partial charge in [0.2, 0.25) is 16.2 Å². The van der Waals surface area contributed by atoms with Crippen LogP contribution in [0.1, 0.15) is 70.6 Å². The van der Waals surface area contributed by atoms with Crippen LogP contribution in [0.5, 0.6) is 0 Å². The van der Waals surface area contributed by atoms with Crippen LogP contribution in [0.2, 0.25) is 0 Å². The van der Waals surface area contributed by atoms with E-state index in [9.17, 15) is 4.79 Å². The summed E-state index contributed by atoms with van der Waals surface area (Å²) in [5, 5.41) is 4.62. The third-order valence-electron chi connectivity index (χ3n) is 6.90. The Morgan fingerprint density at radius 3 is 2.32 bits per heavy atom. The van der Waals surface area contributed by atoms with Crippen molar-refractivity contribution < 1.29 is 4.79 Å². The van der Waals surface area contributed by atoms with E-state index < -0.39 is 0 Å². The van der Waals surface area contributed by atoms with Crippen LogP contribution in [0.25, 0.3) is 0 Å². The normalized spacial score (nSPS) is 37.4. The van der Waals surface area contributed by atoms with Gasteiger partial charge in [0.1, 0.15) is 0 Å². The molecule has 0 unspecified atom stereocenters. The van der Waals surface area contributed by atoms with Gasteiger partial charge in [-0.05, 0) is 69.1 Å². The number of carbonyl (C=O) groups is 1. The lowest BCUT2D eigenvalue weighted by Crippen LogP contribution is -2.48. The van der Waals surface area contributed by atoms with Crippen LogP contribution in [0.3, 0.4) is 0 Å². The summed E-state index contributed by atoms with van der Waals surface area (Å²) in [4.78, 5) is 17.1. The SMILES string of the molecule is O=C(Nc1nc(SC23CC4CC(CC(C4)C2)C3)ns1)C1CCCCC1. The standard InChI is InChI=1S/C19H27N3OS2/c23-16(15-4-2-1-3-5-15)20-17-21-18(22-25-17)24-19-9-12-6-13(10-19)8-14(7-12)11-19/h12-15H,1-11H2,(H,20,21,22,23). The Bertz CT molecular complexity index is 618. The lowest BCUT2D eigenvalue weighted by Gasteiger charge is -2.56. The summed E-state index contributed by atoms with van der Waals surface area (Å²) in [6, 6.07) is 0. The monoisotopic (exact) mass is 377 g/mol. The highest BCUT2D eigenvalue weighted by molar-refractivity contribution is 8.00. The molecule has 1 heterocycles. The van der Waals surface area contributed by atoms with Crippen molar-refractivity contribution in [3.8, 4) is 0 Å². The minimum absolute atomic E-state index is 0.155. The molecule has 5 saturated carbocycles. The Morgan fingerprint density at radius 2 is 1.68 bits per heavy atom. The zero-order valence-corrected chi connectivity index (χ0v) is 16.3. The first-order chi connectivity index (χ1) is 12.2. The lowest BCUT2D eigenvalue weighted by molar-refractivity contribution is -0.120. The second-order valence-electron chi connectivity index (χ2n) is 8.91. The van der Waals surface area contributed by atoms with Crippen molar-refractivity contribution in [2.45, 2.75) is 80.5 Å². The Labute approximate surface area is 158 Å². The van der Waals surface area contributed by atoms with Crippen LogP contribution < -0.4 is 5.32 Å². The summed E-state index contributed by atoms with van der Waals surface area (Å²) < 4.78 is 4.96. The number of aromatic nitrogens is 2. The number of carbonyl (C=O) groups excluding carboxylic acids is 1. The summed E-state index contributed by atoms with van der Waals surface area (Å²) in [5.41, 5.74) is 0. The van der Waals surface area contributed by atoms with Gasteiger partial charge < -0.3 is 5.32 Å². The number of thioether (sulfide) groups is 1. The predicted molar refractivity (Wildman–Crippen MR) is 102 cm³/mol. The molecular formula is C19H27N3OS2. The molecule has 1 aromatic heterocycles. The lowest BCUT2D eigenvalue weighted by atomic mass is 9.56. The second kappa shape index (κ2) is 6.52. The third-order valence-corrected chi connectivity index (χ3v) is 8.95. The molecular weight excluding hydrogens is 350 g/mol. The van der Waals surface area contributed by atoms with Gasteiger partial charge in [0.15, 0.2) is 0 Å². The maximum atomic E-state index is 12.4. The number of anilines is 1. The molecule has 5 aliphatic carbocycles. The van der Waals surface area contributed by atoms with E-state index in [-0.39, 0.29) is 11.8 Å². The maximum Gasteiger partial charge on any atom is 0.229 e. The molecule has 25 heavy (non-hydrogen) atoms. The summed E-state index contributed by atoms with van der Waals surface area (Å²) in [7, 11) is 0. The van der Waals surface area contributed by atoms with E-state index in [1.807, 2.05) is 11.8 Å². The van der Waals surface area contributed by atoms with E-state index in [0.717, 1.165) is 35.8 Å². The highest BCUT2D eigenvalue weighted by Crippen LogP contribution is 2.61. The number of hydrogen-bond donors (Lipinski definition) is 1. The third kappa shape index (κ3) is 3.36. The number of nitrogens with zero attached hydrogens (tertiary/aromatic N) is 2. The first-order valence-corrected chi connectivity index (χ1v) is 11.6. The van der Waals surface area contributed by atoms with Gasteiger partial charge in [-0.2, -0.15) is 9.36 Å². The summed E-state index contributed by atoms with van der Waals surface area (Å²) in [6.45, 7) is 0. The average molecular weight is 378 g/mol. The van der Waals surface area contributed by atoms with Crippen molar-refractivity contribution in [3.63, 3.8) is 0 Å². The van der Waals surface area contributed by atoms with Gasteiger partial charge in [0.05, 0.1) is 0 Å². The Balaban J connectivity index is 1.23. The van der Waals surface area contributed by atoms with Crippen LogP contribution in [0, 0.1) is 23.7 Å². The van der Waals surface area contributed by atoms with Gasteiger partial charge >= 0.3 is 0 Å². The molecule has 1 N–H and O–H groups in total. The van der Waals surface area contributed by atoms with E-state index >= 15 is 0 Å². The van der Waals surface area contributed by atoms with E-state index in [2.05, 4.69) is 14.7 Å². The van der Waals surface area contributed by atoms with Crippen molar-refractivity contribution in [1.29, 1.82) is 0 Å². The van der Waals surface area contributed by atoms with E-state index in [1.165, 1.54) is 69.3 Å². The van der Waals surface area contributed by atoms with Crippen LogP contribution in [-0.2, 0) is 4.79 Å². The molecule has 0 spiro atoms. The summed E-state index contributed by atoms with van der Waals surface area (Å²) in [5.74, 6) is 3.17. The van der Waals surface area contributed by atoms with Crippen LogP contribution in [0.15, 0.2) is 5.16 Å². The van der Waals surface area contributed by atoms with Gasteiger partial charge in [-0.15, -0.1) is 0 Å². The second-order valence-corrected chi connectivity index (χ2v) is 11.1. The van der Waals surface area contributed by atoms with Crippen molar-refractivity contribution in [3.05, 3.63) is 0 Å². The fraction of sp³-hybridized carbons (Fsp3) is 0.842. The molecule has 0 atom stereocenters. The molecule has 4 nitrogen and oxygen atoms in total. The number of hydrogen-bond acceptors (Lipinski definition) is 5. The van der Waals surface area contributed by atoms with Crippen molar-refractivity contribution in [2.24, 2.45) is 23.7 Å². The molecule has 6 rings (SSSR count). The number of rotatable bonds is 4. The summed E-state index contributed by atoms with van der Waals surface area (Å²) >= 11 is 3.28. The molecule has 136 valence electrons. The smallest absolute Gasteiger partial charge is 0.229 e. The highest BCUT2D eigenvalue weighted by atomic mass is 32.2. The minimum Gasteiger partial charge on any atom is -0.300 e. The Kier molecular flexibility index (Phi) is 4.32. The van der Waals surface area contributed by atoms with Crippen LogP contribution in [-0.4, -0.2) is 20.0 Å². The molecule has 5 aliphatic rings. The maximum absolute atomic E-state index is 12.4.